The van der Waals surface area contributed by atoms with Crippen molar-refractivity contribution in [2.45, 2.75) is 19.4 Å². The topological polar surface area (TPSA) is 52.6 Å². The van der Waals surface area contributed by atoms with Gasteiger partial charge in [0.1, 0.15) is 6.04 Å². The zero-order chi connectivity index (χ0) is 8.97. The molecule has 0 aromatic carbocycles. The van der Waals surface area contributed by atoms with E-state index in [9.17, 15) is 4.79 Å². The maximum absolute atomic E-state index is 10.8. The summed E-state index contributed by atoms with van der Waals surface area (Å²) in [5.74, 6) is -0.695. The summed E-state index contributed by atoms with van der Waals surface area (Å²) in [6.45, 7) is 5.43. The van der Waals surface area contributed by atoms with Crippen LogP contribution in [0.1, 0.15) is 13.3 Å². The molecule has 0 spiro atoms. The predicted molar refractivity (Wildman–Crippen MR) is 46.2 cm³/mol. The average molecular weight is 172 g/mol. The Morgan fingerprint density at radius 3 is 2.58 bits per heavy atom. The summed E-state index contributed by atoms with van der Waals surface area (Å²) < 4.78 is 0. The Balaban J connectivity index is 2.46. The highest BCUT2D eigenvalue weighted by Crippen LogP contribution is 2.05. The first-order valence-electron chi connectivity index (χ1n) is 4.43. The van der Waals surface area contributed by atoms with E-state index in [0.717, 1.165) is 26.2 Å². The Labute approximate surface area is 72.6 Å². The highest BCUT2D eigenvalue weighted by atomic mass is 16.4. The van der Waals surface area contributed by atoms with Crippen LogP contribution in [0.5, 0.6) is 0 Å². The van der Waals surface area contributed by atoms with Gasteiger partial charge in [0, 0.05) is 26.2 Å². The van der Waals surface area contributed by atoms with Crippen LogP contribution in [-0.2, 0) is 4.79 Å². The number of hydrogen-bond acceptors (Lipinski definition) is 3. The molecule has 1 atom stereocenters. The van der Waals surface area contributed by atoms with Crippen LogP contribution >= 0.6 is 0 Å². The van der Waals surface area contributed by atoms with Crippen molar-refractivity contribution in [2.24, 2.45) is 0 Å². The molecule has 2 N–H and O–H groups in total. The Morgan fingerprint density at radius 1 is 1.58 bits per heavy atom. The fourth-order valence-electron chi connectivity index (χ4n) is 1.58. The van der Waals surface area contributed by atoms with Crippen molar-refractivity contribution in [1.82, 2.24) is 10.2 Å². The Hall–Kier alpha value is -0.610. The Kier molecular flexibility index (Phi) is 3.49. The van der Waals surface area contributed by atoms with Gasteiger partial charge in [0.25, 0.3) is 0 Å². The van der Waals surface area contributed by atoms with Gasteiger partial charge < -0.3 is 10.4 Å². The van der Waals surface area contributed by atoms with Crippen LogP contribution < -0.4 is 5.32 Å². The monoisotopic (exact) mass is 172 g/mol. The third kappa shape index (κ3) is 2.19. The van der Waals surface area contributed by atoms with Gasteiger partial charge in [-0.3, -0.25) is 9.69 Å². The summed E-state index contributed by atoms with van der Waals surface area (Å²) in [7, 11) is 0. The average Bonchev–Trinajstić information content (AvgIpc) is 2.07. The van der Waals surface area contributed by atoms with Crippen LogP contribution in [0.15, 0.2) is 0 Å². The molecule has 12 heavy (non-hydrogen) atoms. The normalized spacial score (nSPS) is 22.1. The molecule has 1 heterocycles. The maximum atomic E-state index is 10.8. The summed E-state index contributed by atoms with van der Waals surface area (Å²) in [6.07, 6.45) is 0.690. The molecule has 0 radical (unpaired) electrons. The van der Waals surface area contributed by atoms with Crippen molar-refractivity contribution in [1.29, 1.82) is 0 Å². The first kappa shape index (κ1) is 9.48. The molecular formula is C8H16N2O2. The number of piperazine rings is 1. The van der Waals surface area contributed by atoms with Gasteiger partial charge in [-0.1, -0.05) is 6.92 Å². The van der Waals surface area contributed by atoms with E-state index in [2.05, 4.69) is 5.32 Å². The number of rotatable bonds is 3. The number of carboxylic acids is 1. The minimum atomic E-state index is -0.695. The third-order valence-electron chi connectivity index (χ3n) is 2.26. The molecule has 0 bridgehead atoms. The van der Waals surface area contributed by atoms with Crippen LogP contribution in [0.2, 0.25) is 0 Å². The van der Waals surface area contributed by atoms with E-state index >= 15 is 0 Å². The van der Waals surface area contributed by atoms with Crippen molar-refractivity contribution >= 4 is 5.97 Å². The number of nitrogens with zero attached hydrogens (tertiary/aromatic N) is 1. The van der Waals surface area contributed by atoms with Crippen LogP contribution in [0, 0.1) is 0 Å². The largest absolute Gasteiger partial charge is 0.480 e. The molecule has 4 nitrogen and oxygen atoms in total. The molecule has 0 aliphatic carbocycles. The first-order chi connectivity index (χ1) is 5.75. The Morgan fingerprint density at radius 2 is 2.17 bits per heavy atom. The molecule has 0 amide bonds. The zero-order valence-electron chi connectivity index (χ0n) is 7.42. The third-order valence-corrected chi connectivity index (χ3v) is 2.26. The molecular weight excluding hydrogens is 156 g/mol. The zero-order valence-corrected chi connectivity index (χ0v) is 7.42. The molecule has 1 rings (SSSR count). The molecule has 1 fully saturated rings. The van der Waals surface area contributed by atoms with E-state index in [1.54, 1.807) is 0 Å². The van der Waals surface area contributed by atoms with E-state index in [1.165, 1.54) is 0 Å². The molecule has 1 saturated heterocycles. The summed E-state index contributed by atoms with van der Waals surface area (Å²) in [6, 6.07) is -0.285. The standard InChI is InChI=1S/C8H16N2O2/c1-2-7(8(11)12)10-5-3-9-4-6-10/h7,9H,2-6H2,1H3,(H,11,12)/t7-/m0/s1. The van der Waals surface area contributed by atoms with Crippen molar-refractivity contribution in [3.8, 4) is 0 Å². The lowest BCUT2D eigenvalue weighted by Crippen LogP contribution is -2.50. The van der Waals surface area contributed by atoms with Gasteiger partial charge in [0.15, 0.2) is 0 Å². The summed E-state index contributed by atoms with van der Waals surface area (Å²) >= 11 is 0. The van der Waals surface area contributed by atoms with Gasteiger partial charge in [0.2, 0.25) is 0 Å². The number of aliphatic carboxylic acids is 1. The fourth-order valence-corrected chi connectivity index (χ4v) is 1.58. The summed E-state index contributed by atoms with van der Waals surface area (Å²) in [5.41, 5.74) is 0. The lowest BCUT2D eigenvalue weighted by molar-refractivity contribution is -0.143. The Bertz CT molecular complexity index is 155. The fraction of sp³-hybridized carbons (Fsp3) is 0.875. The molecule has 4 heteroatoms. The van der Waals surface area contributed by atoms with Crippen molar-refractivity contribution in [3.05, 3.63) is 0 Å². The van der Waals surface area contributed by atoms with Crippen LogP contribution in [-0.4, -0.2) is 48.2 Å². The minimum absolute atomic E-state index is 0.285. The number of carboxylic acid groups (broad SMARTS) is 1. The van der Waals surface area contributed by atoms with E-state index in [-0.39, 0.29) is 6.04 Å². The molecule has 70 valence electrons. The first-order valence-corrected chi connectivity index (χ1v) is 4.43. The van der Waals surface area contributed by atoms with Crippen LogP contribution in [0.3, 0.4) is 0 Å². The second-order valence-electron chi connectivity index (χ2n) is 3.05. The highest BCUT2D eigenvalue weighted by molar-refractivity contribution is 5.73. The van der Waals surface area contributed by atoms with E-state index in [0.29, 0.717) is 6.42 Å². The van der Waals surface area contributed by atoms with Gasteiger partial charge in [-0.25, -0.2) is 0 Å². The second kappa shape index (κ2) is 4.42. The summed E-state index contributed by atoms with van der Waals surface area (Å²) in [4.78, 5) is 12.8. The molecule has 0 aromatic heterocycles. The van der Waals surface area contributed by atoms with Crippen molar-refractivity contribution < 1.29 is 9.90 Å². The number of nitrogens with one attached hydrogen (secondary N) is 1. The van der Waals surface area contributed by atoms with Gasteiger partial charge in [-0.2, -0.15) is 0 Å². The van der Waals surface area contributed by atoms with Gasteiger partial charge >= 0.3 is 5.97 Å². The minimum Gasteiger partial charge on any atom is -0.480 e. The van der Waals surface area contributed by atoms with E-state index < -0.39 is 5.97 Å². The highest BCUT2D eigenvalue weighted by Gasteiger charge is 2.24. The predicted octanol–water partition coefficient (Wildman–Crippen LogP) is -0.245. The van der Waals surface area contributed by atoms with Gasteiger partial charge in [-0.15, -0.1) is 0 Å². The quantitative estimate of drug-likeness (QED) is 0.616. The molecule has 0 saturated carbocycles. The second-order valence-corrected chi connectivity index (χ2v) is 3.05. The number of carbonyl (C=O) groups is 1. The summed E-state index contributed by atoms with van der Waals surface area (Å²) in [5, 5.41) is 12.1. The smallest absolute Gasteiger partial charge is 0.320 e. The van der Waals surface area contributed by atoms with Gasteiger partial charge in [-0.05, 0) is 6.42 Å². The van der Waals surface area contributed by atoms with Crippen molar-refractivity contribution in [3.63, 3.8) is 0 Å². The maximum Gasteiger partial charge on any atom is 0.320 e. The SMILES string of the molecule is CC[C@@H](C(=O)O)N1CCNCC1. The lowest BCUT2D eigenvalue weighted by Gasteiger charge is -2.31. The molecule has 1 aliphatic heterocycles. The van der Waals surface area contributed by atoms with Crippen LogP contribution in [0.25, 0.3) is 0 Å². The van der Waals surface area contributed by atoms with Crippen molar-refractivity contribution in [2.75, 3.05) is 26.2 Å². The van der Waals surface area contributed by atoms with Gasteiger partial charge in [0.05, 0.1) is 0 Å². The molecule has 0 aromatic rings. The molecule has 0 unspecified atom stereocenters. The van der Waals surface area contributed by atoms with E-state index in [1.807, 2.05) is 11.8 Å². The van der Waals surface area contributed by atoms with E-state index in [4.69, 9.17) is 5.11 Å². The molecule has 1 aliphatic rings. The number of hydrogen-bond donors (Lipinski definition) is 2. The lowest BCUT2D eigenvalue weighted by atomic mass is 10.2. The van der Waals surface area contributed by atoms with Crippen LogP contribution in [0.4, 0.5) is 0 Å².